The molecule has 0 N–H and O–H groups in total. The molecule has 134 valence electrons. The fourth-order valence-corrected chi connectivity index (χ4v) is 3.63. The van der Waals surface area contributed by atoms with Crippen LogP contribution < -0.4 is 9.47 Å². The van der Waals surface area contributed by atoms with Gasteiger partial charge in [0, 0.05) is 5.56 Å². The zero-order valence-electron chi connectivity index (χ0n) is 14.8. The summed E-state index contributed by atoms with van der Waals surface area (Å²) in [4.78, 5) is 26.7. The largest absolute Gasteiger partial charge is 0.493 e. The number of rotatable bonds is 5. The van der Waals surface area contributed by atoms with E-state index in [1.807, 2.05) is 43.3 Å². The van der Waals surface area contributed by atoms with Crippen molar-refractivity contribution in [3.8, 4) is 11.5 Å². The molecule has 0 aromatic heterocycles. The maximum Gasteiger partial charge on any atom is 0.293 e. The summed E-state index contributed by atoms with van der Waals surface area (Å²) in [5, 5.41) is -0.274. The molecule has 1 aliphatic rings. The summed E-state index contributed by atoms with van der Waals surface area (Å²) in [6, 6.07) is 13.2. The van der Waals surface area contributed by atoms with Gasteiger partial charge in [-0.05, 0) is 36.4 Å². The molecule has 1 fully saturated rings. The Kier molecular flexibility index (Phi) is 5.32. The van der Waals surface area contributed by atoms with E-state index in [1.54, 1.807) is 26.4 Å². The second kappa shape index (κ2) is 7.66. The van der Waals surface area contributed by atoms with Gasteiger partial charge in [-0.1, -0.05) is 42.0 Å². The van der Waals surface area contributed by atoms with Crippen LogP contribution in [0.15, 0.2) is 47.4 Å². The summed E-state index contributed by atoms with van der Waals surface area (Å²) in [6.45, 7) is 2.24. The highest BCUT2D eigenvalue weighted by Crippen LogP contribution is 2.37. The number of nitrogens with zero attached hydrogens (tertiary/aromatic N) is 1. The summed E-state index contributed by atoms with van der Waals surface area (Å²) >= 11 is 0.935. The van der Waals surface area contributed by atoms with Gasteiger partial charge in [-0.15, -0.1) is 0 Å². The quantitative estimate of drug-likeness (QED) is 0.738. The summed E-state index contributed by atoms with van der Waals surface area (Å²) in [6.07, 6.45) is 1.67. The lowest BCUT2D eigenvalue weighted by atomic mass is 10.1. The van der Waals surface area contributed by atoms with Crippen LogP contribution in [-0.4, -0.2) is 30.3 Å². The number of aryl methyl sites for hydroxylation is 1. The van der Waals surface area contributed by atoms with Crippen molar-refractivity contribution in [2.45, 2.75) is 13.5 Å². The van der Waals surface area contributed by atoms with Crippen molar-refractivity contribution in [2.75, 3.05) is 14.2 Å². The molecule has 3 rings (SSSR count). The monoisotopic (exact) mass is 369 g/mol. The van der Waals surface area contributed by atoms with E-state index in [0.717, 1.165) is 22.9 Å². The molecule has 0 spiro atoms. The van der Waals surface area contributed by atoms with Crippen LogP contribution in [0.1, 0.15) is 16.7 Å². The minimum absolute atomic E-state index is 0.263. The van der Waals surface area contributed by atoms with Gasteiger partial charge >= 0.3 is 0 Å². The van der Waals surface area contributed by atoms with Gasteiger partial charge in [0.05, 0.1) is 25.7 Å². The van der Waals surface area contributed by atoms with E-state index in [1.165, 1.54) is 4.90 Å². The minimum Gasteiger partial charge on any atom is -0.493 e. The number of para-hydroxylation sites is 1. The van der Waals surface area contributed by atoms with Crippen molar-refractivity contribution in [2.24, 2.45) is 0 Å². The minimum atomic E-state index is -0.300. The Bertz CT molecular complexity index is 891. The van der Waals surface area contributed by atoms with Crippen LogP contribution >= 0.6 is 11.8 Å². The van der Waals surface area contributed by atoms with Crippen LogP contribution in [0.2, 0.25) is 0 Å². The van der Waals surface area contributed by atoms with Crippen molar-refractivity contribution < 1.29 is 19.1 Å². The normalized spacial score (nSPS) is 15.7. The van der Waals surface area contributed by atoms with Gasteiger partial charge in [0.25, 0.3) is 11.1 Å². The molecule has 1 aliphatic heterocycles. The molecule has 0 unspecified atom stereocenters. The van der Waals surface area contributed by atoms with Crippen molar-refractivity contribution in [3.05, 3.63) is 64.1 Å². The molecular formula is C20H19NO4S. The number of carbonyl (C=O) groups is 2. The Hall–Kier alpha value is -2.73. The van der Waals surface area contributed by atoms with E-state index in [9.17, 15) is 9.59 Å². The maximum absolute atomic E-state index is 12.7. The van der Waals surface area contributed by atoms with Crippen molar-refractivity contribution >= 4 is 29.0 Å². The number of amides is 2. The van der Waals surface area contributed by atoms with Crippen LogP contribution in [0.25, 0.3) is 6.08 Å². The molecular weight excluding hydrogens is 350 g/mol. The third-order valence-electron chi connectivity index (χ3n) is 4.02. The second-order valence-corrected chi connectivity index (χ2v) is 6.83. The van der Waals surface area contributed by atoms with Crippen molar-refractivity contribution in [3.63, 3.8) is 0 Å². The van der Waals surface area contributed by atoms with E-state index in [4.69, 9.17) is 9.47 Å². The third kappa shape index (κ3) is 3.60. The number of carbonyl (C=O) groups excluding carboxylic acids is 2. The number of methoxy groups -OCH3 is 2. The van der Waals surface area contributed by atoms with Crippen LogP contribution in [0.4, 0.5) is 4.79 Å². The maximum atomic E-state index is 12.7. The highest BCUT2D eigenvalue weighted by atomic mass is 32.2. The van der Waals surface area contributed by atoms with Gasteiger partial charge in [0.2, 0.25) is 0 Å². The Morgan fingerprint density at radius 1 is 1.08 bits per heavy atom. The van der Waals surface area contributed by atoms with Crippen LogP contribution in [0.3, 0.4) is 0 Å². The first-order chi connectivity index (χ1) is 12.5. The number of benzene rings is 2. The van der Waals surface area contributed by atoms with Crippen molar-refractivity contribution in [1.29, 1.82) is 0 Å². The predicted octanol–water partition coefficient (Wildman–Crippen LogP) is 4.25. The summed E-state index contributed by atoms with van der Waals surface area (Å²) in [5.41, 5.74) is 2.70. The fourth-order valence-electron chi connectivity index (χ4n) is 2.80. The first-order valence-corrected chi connectivity index (χ1v) is 8.87. The summed E-state index contributed by atoms with van der Waals surface area (Å²) in [7, 11) is 3.09. The number of imide groups is 1. The summed E-state index contributed by atoms with van der Waals surface area (Å²) in [5.74, 6) is 0.798. The van der Waals surface area contributed by atoms with Crippen LogP contribution in [0, 0.1) is 6.92 Å². The summed E-state index contributed by atoms with van der Waals surface area (Å²) < 4.78 is 10.7. The van der Waals surface area contributed by atoms with E-state index >= 15 is 0 Å². The van der Waals surface area contributed by atoms with E-state index in [0.29, 0.717) is 22.0 Å². The average molecular weight is 369 g/mol. The highest BCUT2D eigenvalue weighted by molar-refractivity contribution is 8.18. The average Bonchev–Trinajstić information content (AvgIpc) is 2.89. The van der Waals surface area contributed by atoms with Crippen LogP contribution in [0.5, 0.6) is 11.5 Å². The second-order valence-electron chi connectivity index (χ2n) is 5.84. The number of thioether (sulfide) groups is 1. The predicted molar refractivity (Wildman–Crippen MR) is 102 cm³/mol. The molecule has 0 radical (unpaired) electrons. The van der Waals surface area contributed by atoms with Gasteiger partial charge in [0.15, 0.2) is 11.5 Å². The molecule has 1 heterocycles. The fraction of sp³-hybridized carbons (Fsp3) is 0.200. The van der Waals surface area contributed by atoms with Gasteiger partial charge in [0.1, 0.15) is 0 Å². The Morgan fingerprint density at radius 2 is 1.85 bits per heavy atom. The molecule has 2 aromatic carbocycles. The molecule has 1 saturated heterocycles. The lowest BCUT2D eigenvalue weighted by molar-refractivity contribution is -0.123. The molecule has 2 amide bonds. The molecule has 0 aliphatic carbocycles. The number of hydrogen-bond acceptors (Lipinski definition) is 5. The Balaban J connectivity index is 1.88. The molecule has 0 saturated carbocycles. The molecule has 0 bridgehead atoms. The Labute approximate surface area is 156 Å². The van der Waals surface area contributed by atoms with Crippen molar-refractivity contribution in [1.82, 2.24) is 4.90 Å². The standard InChI is InChI=1S/C20H19NO4S/c1-13-6-4-7-14(10-13)12-21-19(22)17(26-20(21)23)11-15-8-5-9-16(24-2)18(15)25-3/h4-11H,12H2,1-3H3/b17-11-. The SMILES string of the molecule is COc1cccc(/C=C2\SC(=O)N(Cc3cccc(C)c3)C2=O)c1OC. The van der Waals surface area contributed by atoms with E-state index < -0.39 is 0 Å². The van der Waals surface area contributed by atoms with Gasteiger partial charge in [-0.2, -0.15) is 0 Å². The molecule has 26 heavy (non-hydrogen) atoms. The topological polar surface area (TPSA) is 55.8 Å². The van der Waals surface area contributed by atoms with Gasteiger partial charge in [-0.25, -0.2) is 0 Å². The Morgan fingerprint density at radius 3 is 2.54 bits per heavy atom. The lowest BCUT2D eigenvalue weighted by Gasteiger charge is -2.13. The first-order valence-electron chi connectivity index (χ1n) is 8.05. The molecule has 2 aromatic rings. The zero-order chi connectivity index (χ0) is 18.7. The lowest BCUT2D eigenvalue weighted by Crippen LogP contribution is -2.27. The highest BCUT2D eigenvalue weighted by Gasteiger charge is 2.35. The number of hydrogen-bond donors (Lipinski definition) is 0. The zero-order valence-corrected chi connectivity index (χ0v) is 15.6. The molecule has 6 heteroatoms. The molecule has 0 atom stereocenters. The smallest absolute Gasteiger partial charge is 0.293 e. The first kappa shape index (κ1) is 18.1. The van der Waals surface area contributed by atoms with Crippen LogP contribution in [-0.2, 0) is 11.3 Å². The third-order valence-corrected chi connectivity index (χ3v) is 4.92. The van der Waals surface area contributed by atoms with E-state index in [-0.39, 0.29) is 17.7 Å². The van der Waals surface area contributed by atoms with Gasteiger partial charge < -0.3 is 9.47 Å². The van der Waals surface area contributed by atoms with E-state index in [2.05, 4.69) is 0 Å². The van der Waals surface area contributed by atoms with Gasteiger partial charge in [-0.3, -0.25) is 14.5 Å². The molecule has 5 nitrogen and oxygen atoms in total. The number of ether oxygens (including phenoxy) is 2.